The molecule has 4 aliphatic carbocycles. The van der Waals surface area contributed by atoms with E-state index < -0.39 is 17.4 Å². The quantitative estimate of drug-likeness (QED) is 0.343. The fourth-order valence-corrected chi connectivity index (χ4v) is 12.5. The lowest BCUT2D eigenvalue weighted by Gasteiger charge is -2.64. The standard InChI is InChI=1S/C45H53ClN6O6/c1-42(2)38(43(3,4)39(42)58-31-6-5-26(22-47)33(46)21-31)49-40(56)44-11-14-45(15-12-44,16-13-44)41(57)50-17-9-30(10-18-50)51-23-27-19-29-25-52(34-7-8-35(53)48-36(34)54)37(55)32(29)20-28(27)24-51/h5-6,19-21,30,34,38-39H,7-18,23-25H2,1-4H3,(H,49,56)(H,48,53,54)/t34?,38-,39-,44?,45?. The zero-order valence-electron chi connectivity index (χ0n) is 33.9. The van der Waals surface area contributed by atoms with Crippen molar-refractivity contribution in [3.63, 3.8) is 0 Å². The summed E-state index contributed by atoms with van der Waals surface area (Å²) in [5.74, 6) is 0.158. The molecule has 1 unspecified atom stereocenters. The van der Waals surface area contributed by atoms with Crippen molar-refractivity contribution >= 4 is 41.1 Å². The van der Waals surface area contributed by atoms with Gasteiger partial charge in [0.25, 0.3) is 5.91 Å². The Morgan fingerprint density at radius 3 is 2.12 bits per heavy atom. The van der Waals surface area contributed by atoms with Crippen LogP contribution in [0.4, 0.5) is 0 Å². The molecule has 2 bridgehead atoms. The summed E-state index contributed by atoms with van der Waals surface area (Å²) in [7, 11) is 0. The fraction of sp³-hybridized carbons (Fsp3) is 0.600. The molecule has 8 aliphatic rings. The lowest BCUT2D eigenvalue weighted by Crippen LogP contribution is -2.75. The third-order valence-electron chi connectivity index (χ3n) is 15.5. The van der Waals surface area contributed by atoms with Crippen LogP contribution in [0.2, 0.25) is 5.02 Å². The van der Waals surface area contributed by atoms with E-state index in [4.69, 9.17) is 16.3 Å². The van der Waals surface area contributed by atoms with Crippen molar-refractivity contribution in [1.29, 1.82) is 5.26 Å². The Labute approximate surface area is 344 Å². The van der Waals surface area contributed by atoms with Crippen molar-refractivity contribution in [2.24, 2.45) is 21.7 Å². The summed E-state index contributed by atoms with van der Waals surface area (Å²) in [5.41, 5.74) is 2.85. The number of fused-ring (bicyclic) bond motifs is 5. The van der Waals surface area contributed by atoms with Crippen LogP contribution in [0, 0.1) is 33.0 Å². The first-order valence-electron chi connectivity index (χ1n) is 21.1. The lowest BCUT2D eigenvalue weighted by atomic mass is 9.48. The molecule has 4 aliphatic heterocycles. The minimum Gasteiger partial charge on any atom is -0.489 e. The molecular weight excluding hydrogens is 756 g/mol. The maximum absolute atomic E-state index is 14.3. The molecule has 4 heterocycles. The number of piperidine rings is 2. The molecule has 12 nitrogen and oxygen atoms in total. The Morgan fingerprint density at radius 1 is 0.862 bits per heavy atom. The second kappa shape index (κ2) is 13.8. The van der Waals surface area contributed by atoms with Crippen molar-refractivity contribution in [3.8, 4) is 11.8 Å². The Morgan fingerprint density at radius 2 is 1.50 bits per heavy atom. The molecule has 2 saturated heterocycles. The van der Waals surface area contributed by atoms with Gasteiger partial charge in [-0.2, -0.15) is 5.26 Å². The van der Waals surface area contributed by atoms with E-state index in [2.05, 4.69) is 60.3 Å². The number of carbonyl (C=O) groups is 5. The molecule has 2 aromatic rings. The Bertz CT molecular complexity index is 2130. The first-order chi connectivity index (χ1) is 27.5. The average Bonchev–Trinajstić information content (AvgIpc) is 3.78. The van der Waals surface area contributed by atoms with Crippen LogP contribution in [0.1, 0.15) is 125 Å². The molecule has 306 valence electrons. The monoisotopic (exact) mass is 808 g/mol. The van der Waals surface area contributed by atoms with Gasteiger partial charge in [0.2, 0.25) is 23.6 Å². The largest absolute Gasteiger partial charge is 0.489 e. The van der Waals surface area contributed by atoms with Crippen molar-refractivity contribution in [1.82, 2.24) is 25.3 Å². The molecule has 0 aromatic heterocycles. The highest BCUT2D eigenvalue weighted by atomic mass is 35.5. The van der Waals surface area contributed by atoms with Crippen molar-refractivity contribution in [3.05, 3.63) is 63.2 Å². The molecule has 2 aromatic carbocycles. The van der Waals surface area contributed by atoms with Crippen LogP contribution in [0.15, 0.2) is 30.3 Å². The predicted molar refractivity (Wildman–Crippen MR) is 214 cm³/mol. The van der Waals surface area contributed by atoms with Gasteiger partial charge >= 0.3 is 0 Å². The minimum absolute atomic E-state index is 0.0978. The maximum Gasteiger partial charge on any atom is 0.255 e. The lowest BCUT2D eigenvalue weighted by molar-refractivity contribution is -0.181. The Balaban J connectivity index is 0.768. The minimum atomic E-state index is -0.614. The second-order valence-electron chi connectivity index (χ2n) is 19.5. The van der Waals surface area contributed by atoms with Crippen molar-refractivity contribution in [2.45, 2.75) is 136 Å². The summed E-state index contributed by atoms with van der Waals surface area (Å²) in [6.07, 6.45) is 6.63. The molecule has 0 spiro atoms. The number of ether oxygens (including phenoxy) is 1. The third-order valence-corrected chi connectivity index (χ3v) is 15.8. The van der Waals surface area contributed by atoms with E-state index in [1.165, 1.54) is 5.56 Å². The first kappa shape index (κ1) is 39.0. The number of likely N-dealkylation sites (tertiary alicyclic amines) is 1. The van der Waals surface area contributed by atoms with Crippen molar-refractivity contribution < 1.29 is 28.7 Å². The van der Waals surface area contributed by atoms with Gasteiger partial charge in [0.15, 0.2) is 0 Å². The van der Waals surface area contributed by atoms with Gasteiger partial charge in [-0.15, -0.1) is 0 Å². The first-order valence-corrected chi connectivity index (χ1v) is 21.4. The number of hydrogen-bond acceptors (Lipinski definition) is 8. The average molecular weight is 809 g/mol. The van der Waals surface area contributed by atoms with E-state index in [0.717, 1.165) is 88.7 Å². The highest BCUT2D eigenvalue weighted by molar-refractivity contribution is 6.31. The molecule has 58 heavy (non-hydrogen) atoms. The summed E-state index contributed by atoms with van der Waals surface area (Å²) < 4.78 is 6.45. The van der Waals surface area contributed by atoms with Gasteiger partial charge in [0.1, 0.15) is 24.0 Å². The van der Waals surface area contributed by atoms with Crippen LogP contribution >= 0.6 is 11.6 Å². The van der Waals surface area contributed by atoms with Gasteiger partial charge < -0.3 is 19.9 Å². The summed E-state index contributed by atoms with van der Waals surface area (Å²) in [6.45, 7) is 11.9. The van der Waals surface area contributed by atoms with Crippen LogP contribution < -0.4 is 15.4 Å². The van der Waals surface area contributed by atoms with Crippen LogP contribution in [-0.4, -0.2) is 81.6 Å². The smallest absolute Gasteiger partial charge is 0.255 e. The molecule has 4 saturated carbocycles. The molecule has 0 radical (unpaired) electrons. The van der Waals surface area contributed by atoms with Crippen LogP contribution in [0.5, 0.6) is 5.75 Å². The van der Waals surface area contributed by atoms with E-state index in [-0.39, 0.29) is 58.4 Å². The number of halogens is 1. The van der Waals surface area contributed by atoms with Crippen molar-refractivity contribution in [2.75, 3.05) is 13.1 Å². The molecule has 13 heteroatoms. The number of nitriles is 1. The normalized spacial score (nSPS) is 31.2. The fourth-order valence-electron chi connectivity index (χ4n) is 12.3. The van der Waals surface area contributed by atoms with E-state index in [9.17, 15) is 29.2 Å². The van der Waals surface area contributed by atoms with Gasteiger partial charge in [0, 0.05) is 84.5 Å². The summed E-state index contributed by atoms with van der Waals surface area (Å²) in [6, 6.07) is 11.0. The van der Waals surface area contributed by atoms with E-state index in [1.54, 1.807) is 23.1 Å². The zero-order chi connectivity index (χ0) is 40.9. The summed E-state index contributed by atoms with van der Waals surface area (Å²) in [4.78, 5) is 72.2. The number of hydrogen-bond donors (Lipinski definition) is 2. The number of nitrogens with zero attached hydrogens (tertiary/aromatic N) is 4. The van der Waals surface area contributed by atoms with Crippen LogP contribution in [0.25, 0.3) is 0 Å². The van der Waals surface area contributed by atoms with Crippen LogP contribution in [0.3, 0.4) is 0 Å². The number of imide groups is 1. The van der Waals surface area contributed by atoms with E-state index in [0.29, 0.717) is 40.9 Å². The molecule has 2 N–H and O–H groups in total. The van der Waals surface area contributed by atoms with Gasteiger partial charge in [0.05, 0.1) is 10.6 Å². The van der Waals surface area contributed by atoms with Crippen LogP contribution in [-0.2, 0) is 38.8 Å². The number of nitrogens with one attached hydrogen (secondary N) is 2. The molecular formula is C45H53ClN6O6. The van der Waals surface area contributed by atoms with E-state index >= 15 is 0 Å². The van der Waals surface area contributed by atoms with Gasteiger partial charge in [-0.3, -0.25) is 34.2 Å². The highest BCUT2D eigenvalue weighted by Crippen LogP contribution is 2.60. The molecule has 6 fully saturated rings. The number of carbonyl (C=O) groups excluding carboxylic acids is 5. The number of benzene rings is 2. The Kier molecular flexibility index (Phi) is 9.28. The maximum atomic E-state index is 14.3. The van der Waals surface area contributed by atoms with Gasteiger partial charge in [-0.1, -0.05) is 45.4 Å². The second-order valence-corrected chi connectivity index (χ2v) is 19.9. The third kappa shape index (κ3) is 6.13. The zero-order valence-corrected chi connectivity index (χ0v) is 34.7. The number of rotatable bonds is 7. The topological polar surface area (TPSA) is 152 Å². The predicted octanol–water partition coefficient (Wildman–Crippen LogP) is 5.62. The molecule has 5 amide bonds. The summed E-state index contributed by atoms with van der Waals surface area (Å²) in [5, 5.41) is 15.5. The number of amides is 5. The van der Waals surface area contributed by atoms with E-state index in [1.807, 2.05) is 6.07 Å². The van der Waals surface area contributed by atoms with Gasteiger partial charge in [-0.05, 0) is 92.7 Å². The molecule has 1 atom stereocenters. The highest BCUT2D eigenvalue weighted by Gasteiger charge is 2.65. The SMILES string of the molecule is CC1(C)[C@H](NC(=O)C23CCC(C(=O)N4CCC(N5Cc6cc7c(cc6C5)C(=O)N(C5CCC(=O)NC5=O)C7)CC4)(CC2)CC3)C(C)(C)[C@H]1Oc1ccc(C#N)c(Cl)c1. The van der Waals surface area contributed by atoms with Gasteiger partial charge in [-0.25, -0.2) is 0 Å². The Hall–Kier alpha value is -4.47. The summed E-state index contributed by atoms with van der Waals surface area (Å²) >= 11 is 6.29. The molecule has 10 rings (SSSR count).